The first kappa shape index (κ1) is 11.4. The van der Waals surface area contributed by atoms with Crippen LogP contribution in [0.1, 0.15) is 18.1 Å². The van der Waals surface area contributed by atoms with Crippen LogP contribution in [0.25, 0.3) is 0 Å². The number of nitrogens with one attached hydrogen (secondary N) is 1. The van der Waals surface area contributed by atoms with E-state index in [1.54, 1.807) is 0 Å². The lowest BCUT2D eigenvalue weighted by Gasteiger charge is -2.23. The van der Waals surface area contributed by atoms with E-state index in [9.17, 15) is 0 Å². The standard InChI is InChI=1S/C13H18N2S/c1-2-14-13(16)15-9-7-11-5-3-4-6-12(11)8-10-15/h3-6H,2,7-10H2,1H3,(H,14,16). The van der Waals surface area contributed by atoms with Gasteiger partial charge >= 0.3 is 0 Å². The second-order valence-corrected chi connectivity index (χ2v) is 4.48. The van der Waals surface area contributed by atoms with Crippen molar-refractivity contribution < 1.29 is 0 Å². The summed E-state index contributed by atoms with van der Waals surface area (Å²) in [7, 11) is 0. The molecular formula is C13H18N2S. The van der Waals surface area contributed by atoms with Gasteiger partial charge in [0.25, 0.3) is 0 Å². The van der Waals surface area contributed by atoms with Crippen LogP contribution in [-0.2, 0) is 12.8 Å². The molecule has 16 heavy (non-hydrogen) atoms. The van der Waals surface area contributed by atoms with E-state index in [2.05, 4.69) is 41.4 Å². The molecule has 0 bridgehead atoms. The van der Waals surface area contributed by atoms with Crippen LogP contribution in [0.5, 0.6) is 0 Å². The minimum Gasteiger partial charge on any atom is -0.363 e. The predicted octanol–water partition coefficient (Wildman–Crippen LogP) is 1.98. The Morgan fingerprint density at radius 2 is 1.81 bits per heavy atom. The minimum absolute atomic E-state index is 0.898. The van der Waals surface area contributed by atoms with E-state index in [0.717, 1.165) is 37.6 Å². The highest BCUT2D eigenvalue weighted by Gasteiger charge is 2.14. The van der Waals surface area contributed by atoms with Crippen molar-refractivity contribution in [3.05, 3.63) is 35.4 Å². The highest BCUT2D eigenvalue weighted by molar-refractivity contribution is 7.80. The van der Waals surface area contributed by atoms with Crippen molar-refractivity contribution in [1.29, 1.82) is 0 Å². The second kappa shape index (κ2) is 5.30. The van der Waals surface area contributed by atoms with Crippen molar-refractivity contribution in [3.63, 3.8) is 0 Å². The summed E-state index contributed by atoms with van der Waals surface area (Å²) < 4.78 is 0. The lowest BCUT2D eigenvalue weighted by Crippen LogP contribution is -2.40. The Kier molecular flexibility index (Phi) is 3.78. The maximum Gasteiger partial charge on any atom is 0.168 e. The lowest BCUT2D eigenvalue weighted by molar-refractivity contribution is 0.432. The Balaban J connectivity index is 2.04. The van der Waals surface area contributed by atoms with E-state index in [0.29, 0.717) is 0 Å². The monoisotopic (exact) mass is 234 g/mol. The fourth-order valence-corrected chi connectivity index (χ4v) is 2.46. The summed E-state index contributed by atoms with van der Waals surface area (Å²) in [6.45, 7) is 5.05. The van der Waals surface area contributed by atoms with Crippen LogP contribution in [0.3, 0.4) is 0 Å². The third-order valence-corrected chi connectivity index (χ3v) is 3.44. The third-order valence-electron chi connectivity index (χ3n) is 3.04. The van der Waals surface area contributed by atoms with Crippen LogP contribution < -0.4 is 5.32 Å². The molecule has 0 saturated carbocycles. The number of rotatable bonds is 1. The zero-order chi connectivity index (χ0) is 11.4. The summed E-state index contributed by atoms with van der Waals surface area (Å²) in [4.78, 5) is 2.28. The Morgan fingerprint density at radius 1 is 1.25 bits per heavy atom. The van der Waals surface area contributed by atoms with Crippen molar-refractivity contribution in [2.24, 2.45) is 0 Å². The molecule has 0 aliphatic carbocycles. The van der Waals surface area contributed by atoms with Gasteiger partial charge in [-0.3, -0.25) is 0 Å². The lowest BCUT2D eigenvalue weighted by atomic mass is 10.0. The first-order chi connectivity index (χ1) is 7.81. The van der Waals surface area contributed by atoms with Crippen LogP contribution >= 0.6 is 12.2 Å². The summed E-state index contributed by atoms with van der Waals surface area (Å²) in [6.07, 6.45) is 2.20. The van der Waals surface area contributed by atoms with Crippen molar-refractivity contribution in [3.8, 4) is 0 Å². The number of hydrogen-bond donors (Lipinski definition) is 1. The van der Waals surface area contributed by atoms with Crippen LogP contribution in [0.2, 0.25) is 0 Å². The molecule has 0 atom stereocenters. The normalized spacial score (nSPS) is 15.2. The number of benzene rings is 1. The molecule has 0 unspecified atom stereocenters. The molecule has 1 aromatic carbocycles. The summed E-state index contributed by atoms with van der Waals surface area (Å²) in [5.41, 5.74) is 2.95. The average molecular weight is 234 g/mol. The highest BCUT2D eigenvalue weighted by Crippen LogP contribution is 2.15. The molecule has 1 N–H and O–H groups in total. The van der Waals surface area contributed by atoms with Crippen molar-refractivity contribution in [1.82, 2.24) is 10.2 Å². The highest BCUT2D eigenvalue weighted by atomic mass is 32.1. The molecule has 0 aromatic heterocycles. The Labute approximate surface area is 103 Å². The Hall–Kier alpha value is -1.09. The van der Waals surface area contributed by atoms with Gasteiger partial charge in [0.2, 0.25) is 0 Å². The molecule has 2 rings (SSSR count). The molecule has 0 saturated heterocycles. The first-order valence-corrected chi connectivity index (χ1v) is 6.31. The molecule has 1 aliphatic rings. The van der Waals surface area contributed by atoms with E-state index in [1.165, 1.54) is 11.1 Å². The summed E-state index contributed by atoms with van der Waals surface area (Å²) >= 11 is 5.36. The molecule has 0 fully saturated rings. The number of fused-ring (bicyclic) bond motifs is 1. The smallest absolute Gasteiger partial charge is 0.168 e. The van der Waals surface area contributed by atoms with E-state index in [1.807, 2.05) is 0 Å². The molecule has 0 radical (unpaired) electrons. The molecule has 3 heteroatoms. The van der Waals surface area contributed by atoms with Gasteiger partial charge in [-0.2, -0.15) is 0 Å². The van der Waals surface area contributed by atoms with E-state index < -0.39 is 0 Å². The molecule has 0 spiro atoms. The Bertz CT molecular complexity index is 349. The van der Waals surface area contributed by atoms with Crippen LogP contribution in [0.15, 0.2) is 24.3 Å². The van der Waals surface area contributed by atoms with Gasteiger partial charge in [-0.15, -0.1) is 0 Å². The second-order valence-electron chi connectivity index (χ2n) is 4.09. The van der Waals surface area contributed by atoms with Gasteiger partial charge in [0.05, 0.1) is 0 Å². The molecule has 0 amide bonds. The van der Waals surface area contributed by atoms with Gasteiger partial charge in [-0.05, 0) is 43.1 Å². The SMILES string of the molecule is CCNC(=S)N1CCc2ccccc2CC1. The van der Waals surface area contributed by atoms with Gasteiger partial charge in [-0.25, -0.2) is 0 Å². The van der Waals surface area contributed by atoms with Crippen molar-refractivity contribution in [2.75, 3.05) is 19.6 Å². The van der Waals surface area contributed by atoms with E-state index in [-0.39, 0.29) is 0 Å². The van der Waals surface area contributed by atoms with Gasteiger partial charge < -0.3 is 10.2 Å². The third kappa shape index (κ3) is 2.53. The first-order valence-electron chi connectivity index (χ1n) is 5.91. The quantitative estimate of drug-likeness (QED) is 0.748. The van der Waals surface area contributed by atoms with Crippen molar-refractivity contribution in [2.45, 2.75) is 19.8 Å². The molecule has 1 aromatic rings. The van der Waals surface area contributed by atoms with Gasteiger partial charge in [0, 0.05) is 19.6 Å². The maximum absolute atomic E-state index is 5.36. The zero-order valence-electron chi connectivity index (χ0n) is 9.70. The summed E-state index contributed by atoms with van der Waals surface area (Å²) in [5, 5.41) is 4.13. The fourth-order valence-electron chi connectivity index (χ4n) is 2.13. The number of hydrogen-bond acceptors (Lipinski definition) is 1. The molecular weight excluding hydrogens is 216 g/mol. The predicted molar refractivity (Wildman–Crippen MR) is 71.7 cm³/mol. The molecule has 1 aliphatic heterocycles. The largest absolute Gasteiger partial charge is 0.363 e. The summed E-state index contributed by atoms with van der Waals surface area (Å²) in [5.74, 6) is 0. The van der Waals surface area contributed by atoms with Crippen LogP contribution in [0, 0.1) is 0 Å². The molecule has 86 valence electrons. The minimum atomic E-state index is 0.898. The van der Waals surface area contributed by atoms with Gasteiger partial charge in [0.15, 0.2) is 5.11 Å². The zero-order valence-corrected chi connectivity index (χ0v) is 10.5. The van der Waals surface area contributed by atoms with E-state index in [4.69, 9.17) is 12.2 Å². The number of nitrogens with zero attached hydrogens (tertiary/aromatic N) is 1. The van der Waals surface area contributed by atoms with Crippen LogP contribution in [0.4, 0.5) is 0 Å². The van der Waals surface area contributed by atoms with Crippen LogP contribution in [-0.4, -0.2) is 29.6 Å². The topological polar surface area (TPSA) is 15.3 Å². The average Bonchev–Trinajstić information content (AvgIpc) is 2.51. The number of thiocarbonyl (C=S) groups is 1. The van der Waals surface area contributed by atoms with Gasteiger partial charge in [0.1, 0.15) is 0 Å². The maximum atomic E-state index is 5.36. The van der Waals surface area contributed by atoms with E-state index >= 15 is 0 Å². The molecule has 2 nitrogen and oxygen atoms in total. The molecule has 1 heterocycles. The Morgan fingerprint density at radius 3 is 2.31 bits per heavy atom. The fraction of sp³-hybridized carbons (Fsp3) is 0.462. The summed E-state index contributed by atoms with van der Waals surface area (Å²) in [6, 6.07) is 8.71. The van der Waals surface area contributed by atoms with Crippen molar-refractivity contribution >= 4 is 17.3 Å². The van der Waals surface area contributed by atoms with Gasteiger partial charge in [-0.1, -0.05) is 24.3 Å².